The van der Waals surface area contributed by atoms with Gasteiger partial charge in [-0.15, -0.1) is 0 Å². The number of halogens is 1. The van der Waals surface area contributed by atoms with E-state index in [1.54, 1.807) is 6.92 Å². The second-order valence-corrected chi connectivity index (χ2v) is 4.75. The molecule has 0 amide bonds. The maximum atomic E-state index is 13.5. The van der Waals surface area contributed by atoms with E-state index in [-0.39, 0.29) is 5.54 Å². The molecule has 0 bridgehead atoms. The Morgan fingerprint density at radius 3 is 2.42 bits per heavy atom. The molecule has 1 unspecified atom stereocenters. The largest absolute Gasteiger partial charge is 0.295 e. The summed E-state index contributed by atoms with van der Waals surface area (Å²) in [6.07, 6.45) is 1.78. The minimum absolute atomic E-state index is 0.170. The normalized spacial score (nSPS) is 32.8. The lowest BCUT2D eigenvalue weighted by atomic mass is 10.00. The van der Waals surface area contributed by atoms with Crippen LogP contribution in [0.15, 0.2) is 0 Å². The van der Waals surface area contributed by atoms with Gasteiger partial charge in [0.25, 0.3) is 0 Å². The molecular formula is C10H20FN. The highest BCUT2D eigenvalue weighted by Gasteiger charge is 2.39. The molecule has 1 heterocycles. The maximum absolute atomic E-state index is 13.5. The molecule has 72 valence electrons. The Bertz CT molecular complexity index is 163. The summed E-state index contributed by atoms with van der Waals surface area (Å²) in [6.45, 7) is 9.76. The number of rotatable bonds is 2. The van der Waals surface area contributed by atoms with E-state index >= 15 is 0 Å². The Hall–Kier alpha value is -0.110. The van der Waals surface area contributed by atoms with Crippen molar-refractivity contribution in [2.24, 2.45) is 0 Å². The van der Waals surface area contributed by atoms with Gasteiger partial charge in [-0.2, -0.15) is 0 Å². The fraction of sp³-hybridized carbons (Fsp3) is 1.00. The quantitative estimate of drug-likeness (QED) is 0.620. The van der Waals surface area contributed by atoms with Gasteiger partial charge in [0, 0.05) is 18.6 Å². The first-order chi connectivity index (χ1) is 5.37. The van der Waals surface area contributed by atoms with Gasteiger partial charge < -0.3 is 0 Å². The third-order valence-corrected chi connectivity index (χ3v) is 3.14. The van der Waals surface area contributed by atoms with E-state index in [4.69, 9.17) is 0 Å². The standard InChI is InChI=1S/C10H20FN/c1-5-9(2,3)12-7-6-10(4,11)8-12/h5-8H2,1-4H3. The van der Waals surface area contributed by atoms with Gasteiger partial charge in [-0.1, -0.05) is 6.92 Å². The summed E-state index contributed by atoms with van der Waals surface area (Å²) in [7, 11) is 0. The van der Waals surface area contributed by atoms with Crippen molar-refractivity contribution >= 4 is 0 Å². The van der Waals surface area contributed by atoms with Crippen LogP contribution in [0.3, 0.4) is 0 Å². The molecule has 0 N–H and O–H groups in total. The van der Waals surface area contributed by atoms with E-state index in [0.717, 1.165) is 13.0 Å². The van der Waals surface area contributed by atoms with Crippen LogP contribution in [0.2, 0.25) is 0 Å². The number of alkyl halides is 1. The SMILES string of the molecule is CCC(C)(C)N1CCC(C)(F)C1. The van der Waals surface area contributed by atoms with Crippen LogP contribution in [-0.4, -0.2) is 29.2 Å². The van der Waals surface area contributed by atoms with Crippen LogP contribution in [-0.2, 0) is 0 Å². The van der Waals surface area contributed by atoms with Crippen LogP contribution in [0.5, 0.6) is 0 Å². The predicted octanol–water partition coefficient (Wildman–Crippen LogP) is 2.61. The zero-order valence-electron chi connectivity index (χ0n) is 8.65. The molecule has 0 aliphatic carbocycles. The average molecular weight is 173 g/mol. The first-order valence-electron chi connectivity index (χ1n) is 4.81. The lowest BCUT2D eigenvalue weighted by Gasteiger charge is -2.34. The molecule has 0 aromatic heterocycles. The molecule has 2 heteroatoms. The molecule has 0 aromatic carbocycles. The number of hydrogen-bond acceptors (Lipinski definition) is 1. The van der Waals surface area contributed by atoms with Crippen molar-refractivity contribution in [3.05, 3.63) is 0 Å². The highest BCUT2D eigenvalue weighted by molar-refractivity contribution is 4.93. The van der Waals surface area contributed by atoms with Gasteiger partial charge in [0.1, 0.15) is 5.67 Å². The molecule has 1 saturated heterocycles. The fourth-order valence-corrected chi connectivity index (χ4v) is 1.66. The van der Waals surface area contributed by atoms with Crippen molar-refractivity contribution in [2.45, 2.75) is 51.7 Å². The first kappa shape index (κ1) is 9.97. The van der Waals surface area contributed by atoms with Gasteiger partial charge in [0.15, 0.2) is 0 Å². The molecule has 1 atom stereocenters. The smallest absolute Gasteiger partial charge is 0.122 e. The summed E-state index contributed by atoms with van der Waals surface area (Å²) in [4.78, 5) is 2.26. The summed E-state index contributed by atoms with van der Waals surface area (Å²) in [5.41, 5.74) is -0.781. The van der Waals surface area contributed by atoms with E-state index < -0.39 is 5.67 Å². The van der Waals surface area contributed by atoms with Crippen molar-refractivity contribution in [3.63, 3.8) is 0 Å². The molecule has 12 heavy (non-hydrogen) atoms. The fourth-order valence-electron chi connectivity index (χ4n) is 1.66. The van der Waals surface area contributed by atoms with Crippen LogP contribution in [0.4, 0.5) is 4.39 Å². The highest BCUT2D eigenvalue weighted by Crippen LogP contribution is 2.31. The zero-order chi connectivity index (χ0) is 9.41. The summed E-state index contributed by atoms with van der Waals surface area (Å²) in [5.74, 6) is 0. The van der Waals surface area contributed by atoms with E-state index in [1.165, 1.54) is 0 Å². The van der Waals surface area contributed by atoms with Crippen molar-refractivity contribution in [2.75, 3.05) is 13.1 Å². The van der Waals surface area contributed by atoms with Crippen molar-refractivity contribution in [1.29, 1.82) is 0 Å². The van der Waals surface area contributed by atoms with Gasteiger partial charge in [-0.05, 0) is 33.6 Å². The monoisotopic (exact) mass is 173 g/mol. The summed E-state index contributed by atoms with van der Waals surface area (Å²) >= 11 is 0. The van der Waals surface area contributed by atoms with Crippen LogP contribution in [0.25, 0.3) is 0 Å². The first-order valence-corrected chi connectivity index (χ1v) is 4.81. The molecule has 0 spiro atoms. The molecule has 0 radical (unpaired) electrons. The Labute approximate surface area is 74.9 Å². The third kappa shape index (κ3) is 1.98. The molecule has 1 rings (SSSR count). The van der Waals surface area contributed by atoms with Crippen molar-refractivity contribution in [1.82, 2.24) is 4.90 Å². The van der Waals surface area contributed by atoms with Crippen LogP contribution in [0.1, 0.15) is 40.5 Å². The van der Waals surface area contributed by atoms with E-state index in [9.17, 15) is 4.39 Å². The van der Waals surface area contributed by atoms with E-state index in [2.05, 4.69) is 25.7 Å². The van der Waals surface area contributed by atoms with Crippen molar-refractivity contribution < 1.29 is 4.39 Å². The molecule has 1 fully saturated rings. The summed E-state index contributed by atoms with van der Waals surface area (Å²) in [6, 6.07) is 0. The molecule has 1 aliphatic rings. The van der Waals surface area contributed by atoms with Crippen LogP contribution in [0, 0.1) is 0 Å². The van der Waals surface area contributed by atoms with Gasteiger partial charge in [-0.25, -0.2) is 4.39 Å². The predicted molar refractivity (Wildman–Crippen MR) is 50.1 cm³/mol. The zero-order valence-corrected chi connectivity index (χ0v) is 8.65. The molecule has 0 aromatic rings. The topological polar surface area (TPSA) is 3.24 Å². The Morgan fingerprint density at radius 2 is 2.08 bits per heavy atom. The number of nitrogens with zero attached hydrogens (tertiary/aromatic N) is 1. The van der Waals surface area contributed by atoms with Gasteiger partial charge in [-0.3, -0.25) is 4.90 Å². The van der Waals surface area contributed by atoms with E-state index in [0.29, 0.717) is 13.0 Å². The van der Waals surface area contributed by atoms with Gasteiger partial charge in [0.2, 0.25) is 0 Å². The number of hydrogen-bond donors (Lipinski definition) is 0. The van der Waals surface area contributed by atoms with Gasteiger partial charge >= 0.3 is 0 Å². The third-order valence-electron chi connectivity index (χ3n) is 3.14. The van der Waals surface area contributed by atoms with Crippen molar-refractivity contribution in [3.8, 4) is 0 Å². The average Bonchev–Trinajstić information content (AvgIpc) is 2.31. The molecular weight excluding hydrogens is 153 g/mol. The van der Waals surface area contributed by atoms with Crippen LogP contribution >= 0.6 is 0 Å². The number of likely N-dealkylation sites (tertiary alicyclic amines) is 1. The highest BCUT2D eigenvalue weighted by atomic mass is 19.1. The Balaban J connectivity index is 2.58. The molecule has 0 saturated carbocycles. The minimum Gasteiger partial charge on any atom is -0.295 e. The summed E-state index contributed by atoms with van der Waals surface area (Å²) < 4.78 is 13.5. The Kier molecular flexibility index (Phi) is 2.48. The lowest BCUT2D eigenvalue weighted by molar-refractivity contribution is 0.114. The second kappa shape index (κ2) is 2.99. The summed E-state index contributed by atoms with van der Waals surface area (Å²) in [5, 5.41) is 0. The second-order valence-electron chi connectivity index (χ2n) is 4.75. The van der Waals surface area contributed by atoms with Gasteiger partial charge in [0.05, 0.1) is 0 Å². The Morgan fingerprint density at radius 1 is 1.50 bits per heavy atom. The van der Waals surface area contributed by atoms with E-state index in [1.807, 2.05) is 0 Å². The maximum Gasteiger partial charge on any atom is 0.122 e. The van der Waals surface area contributed by atoms with Crippen LogP contribution < -0.4 is 0 Å². The molecule has 1 nitrogen and oxygen atoms in total. The minimum atomic E-state index is -0.952. The molecule has 1 aliphatic heterocycles. The lowest BCUT2D eigenvalue weighted by Crippen LogP contribution is -2.43.